The molecule has 2 atom stereocenters. The minimum absolute atomic E-state index is 0.0851. The summed E-state index contributed by atoms with van der Waals surface area (Å²) in [6.07, 6.45) is -0.387. The van der Waals surface area contributed by atoms with Crippen LogP contribution in [0.1, 0.15) is 66.5 Å². The van der Waals surface area contributed by atoms with Gasteiger partial charge in [0.25, 0.3) is 0 Å². The van der Waals surface area contributed by atoms with Gasteiger partial charge in [-0.25, -0.2) is 14.3 Å². The third-order valence-electron chi connectivity index (χ3n) is 4.47. The van der Waals surface area contributed by atoms with Crippen molar-refractivity contribution in [2.45, 2.75) is 78.2 Å². The molecule has 0 saturated carbocycles. The van der Waals surface area contributed by atoms with E-state index in [0.29, 0.717) is 23.4 Å². The molecule has 9 nitrogen and oxygen atoms in total. The lowest BCUT2D eigenvalue weighted by Crippen LogP contribution is -2.39. The zero-order valence-corrected chi connectivity index (χ0v) is 20.4. The van der Waals surface area contributed by atoms with E-state index in [0.717, 1.165) is 0 Å². The first-order chi connectivity index (χ1) is 13.6. The van der Waals surface area contributed by atoms with Crippen molar-refractivity contribution >= 4 is 33.9 Å². The van der Waals surface area contributed by atoms with E-state index in [-0.39, 0.29) is 17.6 Å². The topological polar surface area (TPSA) is 101 Å². The lowest BCUT2D eigenvalue weighted by atomic mass is 10.2. The molecular formula is C20H30BrN5O4. The van der Waals surface area contributed by atoms with Gasteiger partial charge in [0.1, 0.15) is 27.4 Å². The number of likely N-dealkylation sites (tertiary alicyclic amines) is 1. The number of hydrogen-bond acceptors (Lipinski definition) is 6. The predicted octanol–water partition coefficient (Wildman–Crippen LogP) is 4.46. The summed E-state index contributed by atoms with van der Waals surface area (Å²) in [5.41, 5.74) is -1.05. The SMILES string of the molecule is C[C@@H]1C[C@H](n2nc(Br)c(C#N)c2N(C)C(=O)OC(C)(C)C)CN1C(=O)OC(C)(C)C. The van der Waals surface area contributed by atoms with Gasteiger partial charge >= 0.3 is 12.2 Å². The largest absolute Gasteiger partial charge is 0.444 e. The van der Waals surface area contributed by atoms with Gasteiger partial charge in [0, 0.05) is 19.6 Å². The Morgan fingerprint density at radius 1 is 1.20 bits per heavy atom. The summed E-state index contributed by atoms with van der Waals surface area (Å²) in [5.74, 6) is 0.321. The second kappa shape index (κ2) is 8.46. The number of hydrogen-bond donors (Lipinski definition) is 0. The number of nitriles is 1. The predicted molar refractivity (Wildman–Crippen MR) is 115 cm³/mol. The lowest BCUT2D eigenvalue weighted by Gasteiger charge is -2.27. The molecule has 2 heterocycles. The molecule has 1 aromatic heterocycles. The third-order valence-corrected chi connectivity index (χ3v) is 5.02. The van der Waals surface area contributed by atoms with Crippen LogP contribution in [0.15, 0.2) is 4.60 Å². The maximum absolute atomic E-state index is 12.7. The Kier molecular flexibility index (Phi) is 6.76. The van der Waals surface area contributed by atoms with Crippen molar-refractivity contribution in [2.24, 2.45) is 0 Å². The van der Waals surface area contributed by atoms with E-state index in [4.69, 9.17) is 9.47 Å². The summed E-state index contributed by atoms with van der Waals surface area (Å²) < 4.78 is 12.9. The Hall–Kier alpha value is -2.28. The van der Waals surface area contributed by atoms with Crippen LogP contribution in [-0.4, -0.2) is 57.7 Å². The smallest absolute Gasteiger partial charge is 0.415 e. The van der Waals surface area contributed by atoms with Crippen molar-refractivity contribution in [1.29, 1.82) is 5.26 Å². The minimum atomic E-state index is -0.685. The lowest BCUT2D eigenvalue weighted by molar-refractivity contribution is 0.0233. The summed E-state index contributed by atoms with van der Waals surface area (Å²) in [6, 6.07) is 1.78. The zero-order chi connectivity index (χ0) is 23.0. The van der Waals surface area contributed by atoms with Crippen LogP contribution in [0.4, 0.5) is 15.4 Å². The van der Waals surface area contributed by atoms with E-state index < -0.39 is 23.4 Å². The number of aromatic nitrogens is 2. The number of rotatable bonds is 2. The highest BCUT2D eigenvalue weighted by atomic mass is 79.9. The van der Waals surface area contributed by atoms with Gasteiger partial charge in [-0.3, -0.25) is 4.90 Å². The van der Waals surface area contributed by atoms with Gasteiger partial charge in [-0.05, 0) is 70.8 Å². The van der Waals surface area contributed by atoms with Gasteiger partial charge in [0.2, 0.25) is 0 Å². The summed E-state index contributed by atoms with van der Waals surface area (Å²) >= 11 is 3.31. The molecule has 1 saturated heterocycles. The molecule has 0 aliphatic carbocycles. The second-order valence-corrected chi connectivity index (χ2v) is 10.2. The van der Waals surface area contributed by atoms with Crippen molar-refractivity contribution in [2.75, 3.05) is 18.5 Å². The Balaban J connectivity index is 2.36. The first kappa shape index (κ1) is 24.0. The summed E-state index contributed by atoms with van der Waals surface area (Å²) in [4.78, 5) is 28.2. The molecule has 1 aromatic rings. The Labute approximate surface area is 186 Å². The average Bonchev–Trinajstić information content (AvgIpc) is 3.10. The van der Waals surface area contributed by atoms with Crippen molar-refractivity contribution in [3.8, 4) is 6.07 Å². The maximum Gasteiger partial charge on any atom is 0.415 e. The standard InChI is InChI=1S/C20H30BrN5O4/c1-12-9-13(11-25(12)18(28)30-20(5,6)7)26-16(14(10-22)15(21)23-26)24(8)17(27)29-19(2,3)4/h12-13H,9,11H2,1-8H3/t12-,13+/m1/s1. The van der Waals surface area contributed by atoms with Crippen LogP contribution >= 0.6 is 15.9 Å². The molecule has 166 valence electrons. The highest BCUT2D eigenvalue weighted by molar-refractivity contribution is 9.10. The molecule has 30 heavy (non-hydrogen) atoms. The van der Waals surface area contributed by atoms with E-state index in [1.807, 2.05) is 27.7 Å². The Bertz CT molecular complexity index is 862. The number of amides is 2. The van der Waals surface area contributed by atoms with Gasteiger partial charge in [0.05, 0.1) is 6.04 Å². The molecule has 1 aliphatic heterocycles. The van der Waals surface area contributed by atoms with E-state index in [1.165, 1.54) is 4.90 Å². The van der Waals surface area contributed by atoms with Gasteiger partial charge in [-0.15, -0.1) is 0 Å². The van der Waals surface area contributed by atoms with Crippen LogP contribution in [0.25, 0.3) is 0 Å². The van der Waals surface area contributed by atoms with E-state index in [1.54, 1.807) is 37.4 Å². The quantitative estimate of drug-likeness (QED) is 0.615. The monoisotopic (exact) mass is 483 g/mol. The fourth-order valence-electron chi connectivity index (χ4n) is 3.24. The van der Waals surface area contributed by atoms with Crippen molar-refractivity contribution in [3.63, 3.8) is 0 Å². The van der Waals surface area contributed by atoms with Crippen LogP contribution in [0.3, 0.4) is 0 Å². The van der Waals surface area contributed by atoms with Crippen LogP contribution in [0.2, 0.25) is 0 Å². The molecule has 1 fully saturated rings. The molecule has 0 radical (unpaired) electrons. The van der Waals surface area contributed by atoms with Crippen LogP contribution in [0.5, 0.6) is 0 Å². The highest BCUT2D eigenvalue weighted by Gasteiger charge is 2.39. The van der Waals surface area contributed by atoms with Crippen LogP contribution < -0.4 is 4.90 Å². The second-order valence-electron chi connectivity index (χ2n) is 9.46. The zero-order valence-electron chi connectivity index (χ0n) is 18.8. The van der Waals surface area contributed by atoms with E-state index >= 15 is 0 Å². The summed E-state index contributed by atoms with van der Waals surface area (Å²) in [5, 5.41) is 14.1. The molecule has 0 bridgehead atoms. The number of halogens is 1. The number of carbonyl (C=O) groups is 2. The summed E-state index contributed by atoms with van der Waals surface area (Å²) in [7, 11) is 1.54. The first-order valence-electron chi connectivity index (χ1n) is 9.79. The fraction of sp³-hybridized carbons (Fsp3) is 0.700. The molecule has 2 amide bonds. The first-order valence-corrected chi connectivity index (χ1v) is 10.6. The van der Waals surface area contributed by atoms with Crippen LogP contribution in [0, 0.1) is 11.3 Å². The van der Waals surface area contributed by atoms with Gasteiger partial charge < -0.3 is 14.4 Å². The van der Waals surface area contributed by atoms with Crippen molar-refractivity contribution in [3.05, 3.63) is 10.2 Å². The third kappa shape index (κ3) is 5.45. The van der Waals surface area contributed by atoms with Crippen molar-refractivity contribution in [1.82, 2.24) is 14.7 Å². The Morgan fingerprint density at radius 3 is 2.27 bits per heavy atom. The normalized spacial score (nSPS) is 19.4. The van der Waals surface area contributed by atoms with Gasteiger partial charge in [-0.1, -0.05) is 0 Å². The van der Waals surface area contributed by atoms with Gasteiger partial charge in [0.15, 0.2) is 5.82 Å². The molecular weight excluding hydrogens is 454 g/mol. The number of anilines is 1. The number of ether oxygens (including phenoxy) is 2. The Morgan fingerprint density at radius 2 is 1.77 bits per heavy atom. The average molecular weight is 484 g/mol. The molecule has 0 unspecified atom stereocenters. The summed E-state index contributed by atoms with van der Waals surface area (Å²) in [6.45, 7) is 13.1. The van der Waals surface area contributed by atoms with Gasteiger partial charge in [-0.2, -0.15) is 10.4 Å². The molecule has 1 aliphatic rings. The molecule has 0 N–H and O–H groups in total. The maximum atomic E-state index is 12.7. The molecule has 0 aromatic carbocycles. The van der Waals surface area contributed by atoms with Crippen LogP contribution in [-0.2, 0) is 9.47 Å². The van der Waals surface area contributed by atoms with E-state index in [2.05, 4.69) is 27.1 Å². The fourth-order valence-corrected chi connectivity index (χ4v) is 3.68. The van der Waals surface area contributed by atoms with E-state index in [9.17, 15) is 14.9 Å². The minimum Gasteiger partial charge on any atom is -0.444 e. The number of nitrogens with zero attached hydrogens (tertiary/aromatic N) is 5. The molecule has 10 heteroatoms. The molecule has 0 spiro atoms. The highest BCUT2D eigenvalue weighted by Crippen LogP contribution is 2.36. The molecule has 2 rings (SSSR count). The number of carbonyl (C=O) groups excluding carboxylic acids is 2. The van der Waals surface area contributed by atoms with Crippen molar-refractivity contribution < 1.29 is 19.1 Å².